The van der Waals surface area contributed by atoms with Gasteiger partial charge in [0.2, 0.25) is 0 Å². The summed E-state index contributed by atoms with van der Waals surface area (Å²) in [6.07, 6.45) is -4.65. The first-order valence-corrected chi connectivity index (χ1v) is 6.68. The van der Waals surface area contributed by atoms with E-state index in [0.29, 0.717) is 6.42 Å². The molecule has 1 aromatic heterocycles. The van der Waals surface area contributed by atoms with Crippen molar-refractivity contribution in [2.75, 3.05) is 7.05 Å². The van der Waals surface area contributed by atoms with Crippen LogP contribution in [0.25, 0.3) is 0 Å². The molecule has 0 bridgehead atoms. The van der Waals surface area contributed by atoms with Crippen LogP contribution in [0.1, 0.15) is 37.9 Å². The minimum absolute atomic E-state index is 0.0616. The van der Waals surface area contributed by atoms with Gasteiger partial charge in [0.15, 0.2) is 0 Å². The van der Waals surface area contributed by atoms with Crippen LogP contribution < -0.4 is 5.32 Å². The Hall–Kier alpha value is -0.620. The molecule has 0 saturated carbocycles. The summed E-state index contributed by atoms with van der Waals surface area (Å²) in [5, 5.41) is 5.38. The molecule has 0 amide bonds. The SMILES string of the molecule is CNC(Cc1nc(C(C)(C)C)cs1)CC(F)(F)F. The van der Waals surface area contributed by atoms with Crippen molar-refractivity contribution in [2.24, 2.45) is 0 Å². The van der Waals surface area contributed by atoms with Crippen molar-refractivity contribution >= 4 is 11.3 Å². The third kappa shape index (κ3) is 4.94. The number of alkyl halides is 3. The fourth-order valence-corrected chi connectivity index (χ4v) is 2.62. The first-order chi connectivity index (χ1) is 8.12. The van der Waals surface area contributed by atoms with Gasteiger partial charge in [-0.3, -0.25) is 0 Å². The quantitative estimate of drug-likeness (QED) is 0.912. The molecular weight excluding hydrogens is 261 g/mol. The Morgan fingerprint density at radius 3 is 2.33 bits per heavy atom. The summed E-state index contributed by atoms with van der Waals surface area (Å²) in [6, 6.07) is -0.607. The molecule has 18 heavy (non-hydrogen) atoms. The maximum atomic E-state index is 12.3. The normalized spacial score (nSPS) is 14.8. The smallest absolute Gasteiger partial charge is 0.316 e. The van der Waals surface area contributed by atoms with E-state index in [9.17, 15) is 13.2 Å². The molecule has 1 N–H and O–H groups in total. The average molecular weight is 280 g/mol. The van der Waals surface area contributed by atoms with Crippen LogP contribution in [0.5, 0.6) is 0 Å². The highest BCUT2D eigenvalue weighted by atomic mass is 32.1. The third-order valence-electron chi connectivity index (χ3n) is 2.63. The van der Waals surface area contributed by atoms with E-state index in [1.165, 1.54) is 11.3 Å². The molecule has 0 fully saturated rings. The van der Waals surface area contributed by atoms with Gasteiger partial charge in [-0.1, -0.05) is 20.8 Å². The Kier molecular flexibility index (Phi) is 4.78. The van der Waals surface area contributed by atoms with Gasteiger partial charge in [0.1, 0.15) is 0 Å². The molecule has 0 aliphatic heterocycles. The number of aromatic nitrogens is 1. The first-order valence-electron chi connectivity index (χ1n) is 5.80. The van der Waals surface area contributed by atoms with Crippen LogP contribution in [0.4, 0.5) is 13.2 Å². The Balaban J connectivity index is 2.68. The van der Waals surface area contributed by atoms with Crippen molar-refractivity contribution < 1.29 is 13.2 Å². The molecule has 0 saturated heterocycles. The maximum absolute atomic E-state index is 12.3. The Morgan fingerprint density at radius 1 is 1.33 bits per heavy atom. The lowest BCUT2D eigenvalue weighted by molar-refractivity contribution is -0.139. The van der Waals surface area contributed by atoms with Crippen molar-refractivity contribution in [3.8, 4) is 0 Å². The van der Waals surface area contributed by atoms with Crippen molar-refractivity contribution in [3.05, 3.63) is 16.1 Å². The van der Waals surface area contributed by atoms with Crippen molar-refractivity contribution in [1.29, 1.82) is 0 Å². The summed E-state index contributed by atoms with van der Waals surface area (Å²) in [5.74, 6) is 0. The molecule has 104 valence electrons. The zero-order chi connectivity index (χ0) is 14.0. The predicted molar refractivity (Wildman–Crippen MR) is 68.0 cm³/mol. The number of nitrogens with one attached hydrogen (secondary N) is 1. The molecule has 0 spiro atoms. The lowest BCUT2D eigenvalue weighted by Gasteiger charge is -2.17. The third-order valence-corrected chi connectivity index (χ3v) is 3.50. The highest BCUT2D eigenvalue weighted by Crippen LogP contribution is 2.27. The van der Waals surface area contributed by atoms with Gasteiger partial charge in [0, 0.05) is 23.3 Å². The molecule has 0 radical (unpaired) electrons. The van der Waals surface area contributed by atoms with Crippen molar-refractivity contribution in [2.45, 2.75) is 51.2 Å². The summed E-state index contributed by atoms with van der Waals surface area (Å²) < 4.78 is 37.0. The molecule has 1 aromatic rings. The average Bonchev–Trinajstić information content (AvgIpc) is 2.62. The summed E-state index contributed by atoms with van der Waals surface area (Å²) >= 11 is 1.43. The summed E-state index contributed by atoms with van der Waals surface area (Å²) in [6.45, 7) is 6.12. The van der Waals surface area contributed by atoms with Crippen molar-refractivity contribution in [1.82, 2.24) is 10.3 Å². The number of thiazole rings is 1. The number of halogens is 3. The maximum Gasteiger partial charge on any atom is 0.390 e. The van der Waals surface area contributed by atoms with Gasteiger partial charge >= 0.3 is 6.18 Å². The molecule has 2 nitrogen and oxygen atoms in total. The molecule has 1 atom stereocenters. The van der Waals surface area contributed by atoms with Crippen LogP contribution in [0.2, 0.25) is 0 Å². The molecule has 6 heteroatoms. The van der Waals surface area contributed by atoms with E-state index in [-0.39, 0.29) is 5.41 Å². The van der Waals surface area contributed by atoms with Gasteiger partial charge in [-0.15, -0.1) is 11.3 Å². The highest BCUT2D eigenvalue weighted by molar-refractivity contribution is 7.09. The van der Waals surface area contributed by atoms with E-state index in [0.717, 1.165) is 10.7 Å². The Bertz CT molecular complexity index is 379. The fraction of sp³-hybridized carbons (Fsp3) is 0.750. The van der Waals surface area contributed by atoms with E-state index >= 15 is 0 Å². The van der Waals surface area contributed by atoms with Crippen molar-refractivity contribution in [3.63, 3.8) is 0 Å². The topological polar surface area (TPSA) is 24.9 Å². The van der Waals surface area contributed by atoms with E-state index in [2.05, 4.69) is 10.3 Å². The second kappa shape index (κ2) is 5.57. The zero-order valence-corrected chi connectivity index (χ0v) is 11.9. The minimum Gasteiger partial charge on any atom is -0.316 e. The van der Waals surface area contributed by atoms with Gasteiger partial charge in [0.25, 0.3) is 0 Å². The second-order valence-electron chi connectivity index (χ2n) is 5.39. The van der Waals surface area contributed by atoms with Gasteiger partial charge in [-0.25, -0.2) is 4.98 Å². The number of nitrogens with zero attached hydrogens (tertiary/aromatic N) is 1. The first kappa shape index (κ1) is 15.4. The van der Waals surface area contributed by atoms with E-state index < -0.39 is 18.6 Å². The molecule has 1 heterocycles. The fourth-order valence-electron chi connectivity index (χ4n) is 1.52. The largest absolute Gasteiger partial charge is 0.390 e. The van der Waals surface area contributed by atoms with Gasteiger partial charge < -0.3 is 5.32 Å². The number of hydrogen-bond acceptors (Lipinski definition) is 3. The van der Waals surface area contributed by atoms with Crippen LogP contribution >= 0.6 is 11.3 Å². The monoisotopic (exact) mass is 280 g/mol. The summed E-state index contributed by atoms with van der Waals surface area (Å²) in [5.41, 5.74) is 0.873. The summed E-state index contributed by atoms with van der Waals surface area (Å²) in [7, 11) is 1.55. The van der Waals surface area contributed by atoms with E-state index in [4.69, 9.17) is 0 Å². The minimum atomic E-state index is -4.14. The highest BCUT2D eigenvalue weighted by Gasteiger charge is 2.31. The van der Waals surface area contributed by atoms with Crippen LogP contribution in [0.3, 0.4) is 0 Å². The Labute approximate surface area is 110 Å². The number of likely N-dealkylation sites (N-methyl/N-ethyl adjacent to an activating group) is 1. The van der Waals surface area contributed by atoms with E-state index in [1.54, 1.807) is 7.05 Å². The summed E-state index contributed by atoms with van der Waals surface area (Å²) in [4.78, 5) is 4.41. The van der Waals surface area contributed by atoms with E-state index in [1.807, 2.05) is 26.2 Å². The van der Waals surface area contributed by atoms with Gasteiger partial charge in [-0.2, -0.15) is 13.2 Å². The molecule has 1 unspecified atom stereocenters. The molecular formula is C12H19F3N2S. The lowest BCUT2D eigenvalue weighted by Crippen LogP contribution is -2.33. The zero-order valence-electron chi connectivity index (χ0n) is 11.1. The Morgan fingerprint density at radius 2 is 1.94 bits per heavy atom. The predicted octanol–water partition coefficient (Wildman–Crippen LogP) is 3.52. The van der Waals surface area contributed by atoms with Gasteiger partial charge in [-0.05, 0) is 7.05 Å². The second-order valence-corrected chi connectivity index (χ2v) is 6.33. The molecule has 0 aromatic carbocycles. The molecule has 1 rings (SSSR count). The van der Waals surface area contributed by atoms with Crippen LogP contribution in [0.15, 0.2) is 5.38 Å². The van der Waals surface area contributed by atoms with Crippen LogP contribution in [-0.4, -0.2) is 24.2 Å². The standard InChI is InChI=1S/C12H19F3N2S/c1-11(2,3)9-7-18-10(17-9)5-8(16-4)6-12(13,14)15/h7-8,16H,5-6H2,1-4H3. The number of rotatable bonds is 4. The van der Waals surface area contributed by atoms with Crippen LogP contribution in [0, 0.1) is 0 Å². The molecule has 0 aliphatic rings. The lowest BCUT2D eigenvalue weighted by atomic mass is 9.93. The molecule has 0 aliphatic carbocycles. The van der Waals surface area contributed by atoms with Gasteiger partial charge in [0.05, 0.1) is 17.1 Å². The number of hydrogen-bond donors (Lipinski definition) is 1. The van der Waals surface area contributed by atoms with Crippen LogP contribution in [-0.2, 0) is 11.8 Å².